The van der Waals surface area contributed by atoms with Crippen molar-refractivity contribution in [1.82, 2.24) is 0 Å². The molecule has 0 saturated heterocycles. The van der Waals surface area contributed by atoms with Gasteiger partial charge in [0.15, 0.2) is 0 Å². The lowest BCUT2D eigenvalue weighted by Crippen LogP contribution is -1.84. The average Bonchev–Trinajstić information content (AvgIpc) is 2.93. The van der Waals surface area contributed by atoms with E-state index >= 15 is 0 Å². The Labute approximate surface area is 113 Å². The van der Waals surface area contributed by atoms with Crippen molar-refractivity contribution in [3.8, 4) is 12.1 Å². The minimum Gasteiger partial charge on any atom is -0.401 e. The van der Waals surface area contributed by atoms with Crippen LogP contribution in [0.15, 0.2) is 40.8 Å². The highest BCUT2D eigenvalue weighted by Crippen LogP contribution is 2.22. The first-order valence-electron chi connectivity index (χ1n) is 5.50. The third-order valence-electron chi connectivity index (χ3n) is 2.50. The van der Waals surface area contributed by atoms with Crippen LogP contribution in [0.5, 0.6) is 0 Å². The summed E-state index contributed by atoms with van der Waals surface area (Å²) in [6, 6.07) is 13.1. The summed E-state index contributed by atoms with van der Waals surface area (Å²) >= 11 is 0. The lowest BCUT2D eigenvalue weighted by Gasteiger charge is -1.98. The molecule has 0 radical (unpaired) electrons. The number of furan rings is 1. The predicted octanol–water partition coefficient (Wildman–Crippen LogP) is 3.12. The minimum atomic E-state index is -0.653. The van der Waals surface area contributed by atoms with E-state index in [1.807, 2.05) is 12.1 Å². The molecular weight excluding hydrogens is 258 g/mol. The third-order valence-corrected chi connectivity index (χ3v) is 2.50. The first kappa shape index (κ1) is 13.1. The smallest absolute Gasteiger partial charge is 0.401 e. The molecule has 96 valence electrons. The summed E-state index contributed by atoms with van der Waals surface area (Å²) in [5.74, 6) is -0.185. The molecule has 0 amide bonds. The fraction of sp³-hybridized carbons (Fsp3) is 0. The topological polar surface area (TPSA) is 104 Å². The zero-order valence-corrected chi connectivity index (χ0v) is 10.1. The van der Waals surface area contributed by atoms with Crippen LogP contribution in [0.25, 0.3) is 11.6 Å². The largest absolute Gasteiger partial charge is 0.433 e. The van der Waals surface area contributed by atoms with Crippen molar-refractivity contribution >= 4 is 17.5 Å². The Morgan fingerprint density at radius 1 is 1.30 bits per heavy atom. The summed E-state index contributed by atoms with van der Waals surface area (Å²) in [4.78, 5) is 9.86. The molecule has 0 aliphatic heterocycles. The normalized spacial score (nSPS) is 10.6. The second kappa shape index (κ2) is 5.51. The van der Waals surface area contributed by atoms with Crippen molar-refractivity contribution in [3.05, 3.63) is 63.4 Å². The molecule has 2 rings (SSSR count). The molecule has 2 aromatic rings. The van der Waals surface area contributed by atoms with Gasteiger partial charge in [0.1, 0.15) is 10.7 Å². The summed E-state index contributed by atoms with van der Waals surface area (Å²) in [5.41, 5.74) is 1.23. The third kappa shape index (κ3) is 2.71. The molecule has 0 aliphatic rings. The van der Waals surface area contributed by atoms with Gasteiger partial charge in [0.05, 0.1) is 29.3 Å². The van der Waals surface area contributed by atoms with E-state index in [1.54, 1.807) is 24.3 Å². The Hall–Kier alpha value is -3.38. The highest BCUT2D eigenvalue weighted by molar-refractivity contribution is 5.89. The van der Waals surface area contributed by atoms with Crippen molar-refractivity contribution in [3.63, 3.8) is 0 Å². The second-order valence-electron chi connectivity index (χ2n) is 3.80. The molecule has 0 unspecified atom stereocenters. The summed E-state index contributed by atoms with van der Waals surface area (Å²) in [7, 11) is 0. The van der Waals surface area contributed by atoms with Crippen molar-refractivity contribution in [2.45, 2.75) is 0 Å². The maximum absolute atomic E-state index is 10.5. The number of benzene rings is 1. The van der Waals surface area contributed by atoms with Gasteiger partial charge in [-0.25, -0.2) is 0 Å². The average molecular weight is 265 g/mol. The number of nitrogens with zero attached hydrogens (tertiary/aromatic N) is 3. The molecule has 0 N–H and O–H groups in total. The molecule has 0 aliphatic carbocycles. The fourth-order valence-electron chi connectivity index (χ4n) is 1.60. The Balaban J connectivity index is 2.41. The fourth-order valence-corrected chi connectivity index (χ4v) is 1.60. The van der Waals surface area contributed by atoms with Crippen LogP contribution in [0.1, 0.15) is 16.9 Å². The second-order valence-corrected chi connectivity index (χ2v) is 3.80. The Morgan fingerprint density at radius 2 is 2.10 bits per heavy atom. The molecule has 1 heterocycles. The molecule has 20 heavy (non-hydrogen) atoms. The zero-order valence-electron chi connectivity index (χ0n) is 10.1. The van der Waals surface area contributed by atoms with Crippen LogP contribution in [-0.2, 0) is 0 Å². The SMILES string of the molecule is N#C/C(=C/c1ccc([N+](=O)[O-])o1)c1cccc(C#N)c1. The van der Waals surface area contributed by atoms with Gasteiger partial charge in [0.25, 0.3) is 0 Å². The molecule has 0 bridgehead atoms. The van der Waals surface area contributed by atoms with Gasteiger partial charge in [0.2, 0.25) is 0 Å². The van der Waals surface area contributed by atoms with Gasteiger partial charge in [-0.05, 0) is 29.8 Å². The number of hydrogen-bond donors (Lipinski definition) is 0. The minimum absolute atomic E-state index is 0.204. The van der Waals surface area contributed by atoms with Gasteiger partial charge >= 0.3 is 5.88 Å². The monoisotopic (exact) mass is 265 g/mol. The number of rotatable bonds is 3. The molecular formula is C14H7N3O3. The quantitative estimate of drug-likeness (QED) is 0.481. The van der Waals surface area contributed by atoms with Crippen LogP contribution in [0.3, 0.4) is 0 Å². The van der Waals surface area contributed by atoms with Crippen LogP contribution in [0.4, 0.5) is 5.88 Å². The van der Waals surface area contributed by atoms with Gasteiger partial charge in [-0.2, -0.15) is 10.5 Å². The van der Waals surface area contributed by atoms with Gasteiger partial charge in [-0.3, -0.25) is 10.1 Å². The highest BCUT2D eigenvalue weighted by atomic mass is 16.6. The lowest BCUT2D eigenvalue weighted by atomic mass is 10.0. The van der Waals surface area contributed by atoms with E-state index in [1.165, 1.54) is 18.2 Å². The maximum Gasteiger partial charge on any atom is 0.433 e. The number of allylic oxidation sites excluding steroid dienone is 1. The number of hydrogen-bond acceptors (Lipinski definition) is 5. The first-order chi connectivity index (χ1) is 9.63. The molecule has 6 heteroatoms. The van der Waals surface area contributed by atoms with E-state index in [-0.39, 0.29) is 17.2 Å². The molecule has 0 fully saturated rings. The molecule has 0 saturated carbocycles. The van der Waals surface area contributed by atoms with Crippen LogP contribution in [-0.4, -0.2) is 4.92 Å². The molecule has 0 spiro atoms. The summed E-state index contributed by atoms with van der Waals surface area (Å²) < 4.78 is 4.96. The number of nitriles is 2. The Kier molecular flexibility index (Phi) is 3.60. The van der Waals surface area contributed by atoms with Gasteiger partial charge < -0.3 is 4.42 Å². The van der Waals surface area contributed by atoms with Gasteiger partial charge in [0, 0.05) is 0 Å². The molecule has 0 atom stereocenters. The van der Waals surface area contributed by atoms with Crippen molar-refractivity contribution in [2.24, 2.45) is 0 Å². The predicted molar refractivity (Wildman–Crippen MR) is 70.0 cm³/mol. The molecule has 1 aromatic carbocycles. The van der Waals surface area contributed by atoms with E-state index in [4.69, 9.17) is 14.9 Å². The van der Waals surface area contributed by atoms with Crippen molar-refractivity contribution in [2.75, 3.05) is 0 Å². The van der Waals surface area contributed by atoms with Crippen molar-refractivity contribution < 1.29 is 9.34 Å². The zero-order chi connectivity index (χ0) is 14.5. The van der Waals surface area contributed by atoms with E-state index in [2.05, 4.69) is 0 Å². The Morgan fingerprint density at radius 3 is 2.70 bits per heavy atom. The standard InChI is InChI=1S/C14H7N3O3/c15-8-10-2-1-3-11(6-10)12(9-16)7-13-4-5-14(20-13)17(18)19/h1-7H/b12-7-. The maximum atomic E-state index is 10.5. The van der Waals surface area contributed by atoms with Crippen LogP contribution < -0.4 is 0 Å². The van der Waals surface area contributed by atoms with Crippen LogP contribution in [0, 0.1) is 32.8 Å². The Bertz CT molecular complexity index is 775. The molecule has 6 nitrogen and oxygen atoms in total. The van der Waals surface area contributed by atoms with Gasteiger partial charge in [-0.1, -0.05) is 12.1 Å². The molecule has 1 aromatic heterocycles. The summed E-state index contributed by atoms with van der Waals surface area (Å²) in [5, 5.41) is 28.5. The highest BCUT2D eigenvalue weighted by Gasteiger charge is 2.11. The lowest BCUT2D eigenvalue weighted by molar-refractivity contribution is -0.402. The van der Waals surface area contributed by atoms with E-state index in [0.29, 0.717) is 11.1 Å². The first-order valence-corrected chi connectivity index (χ1v) is 5.50. The summed E-state index contributed by atoms with van der Waals surface area (Å²) in [6.45, 7) is 0. The van der Waals surface area contributed by atoms with Gasteiger partial charge in [-0.15, -0.1) is 0 Å². The van der Waals surface area contributed by atoms with Crippen LogP contribution >= 0.6 is 0 Å². The van der Waals surface area contributed by atoms with E-state index in [9.17, 15) is 10.1 Å². The summed E-state index contributed by atoms with van der Waals surface area (Å²) in [6.07, 6.45) is 1.39. The van der Waals surface area contributed by atoms with Crippen molar-refractivity contribution in [1.29, 1.82) is 10.5 Å². The van der Waals surface area contributed by atoms with Crippen LogP contribution in [0.2, 0.25) is 0 Å². The number of nitro groups is 1. The van der Waals surface area contributed by atoms with E-state index < -0.39 is 4.92 Å². The van der Waals surface area contributed by atoms with E-state index in [0.717, 1.165) is 0 Å².